The second-order valence-corrected chi connectivity index (χ2v) is 3.82. The van der Waals surface area contributed by atoms with Crippen LogP contribution < -0.4 is 5.32 Å². The molecule has 15 heavy (non-hydrogen) atoms. The molecular weight excluding hydrogens is 196 g/mol. The third-order valence-corrected chi connectivity index (χ3v) is 2.62. The van der Waals surface area contributed by atoms with Gasteiger partial charge < -0.3 is 10.4 Å². The van der Waals surface area contributed by atoms with Crippen LogP contribution in [0.15, 0.2) is 0 Å². The molecule has 0 aliphatic carbocycles. The number of piperazine rings is 1. The van der Waals surface area contributed by atoms with Crippen molar-refractivity contribution in [3.8, 4) is 0 Å². The number of carbonyl (C=O) groups is 2. The summed E-state index contributed by atoms with van der Waals surface area (Å²) < 4.78 is 0. The van der Waals surface area contributed by atoms with E-state index in [4.69, 9.17) is 5.11 Å². The lowest BCUT2D eigenvalue weighted by Crippen LogP contribution is -2.53. The smallest absolute Gasteiger partial charge is 0.320 e. The van der Waals surface area contributed by atoms with Crippen molar-refractivity contribution in [3.05, 3.63) is 0 Å². The molecule has 1 amide bonds. The first-order valence-corrected chi connectivity index (χ1v) is 5.38. The largest absolute Gasteiger partial charge is 0.480 e. The van der Waals surface area contributed by atoms with Crippen LogP contribution in [-0.4, -0.2) is 47.6 Å². The molecule has 1 aliphatic rings. The van der Waals surface area contributed by atoms with Crippen LogP contribution in [0.2, 0.25) is 0 Å². The molecule has 1 aliphatic heterocycles. The van der Waals surface area contributed by atoms with Gasteiger partial charge in [0.15, 0.2) is 0 Å². The molecule has 5 nitrogen and oxygen atoms in total. The van der Waals surface area contributed by atoms with Gasteiger partial charge in [0.25, 0.3) is 0 Å². The second kappa shape index (κ2) is 5.70. The van der Waals surface area contributed by atoms with Crippen molar-refractivity contribution in [1.29, 1.82) is 0 Å². The van der Waals surface area contributed by atoms with Crippen molar-refractivity contribution < 1.29 is 14.7 Å². The monoisotopic (exact) mass is 214 g/mol. The number of nitrogens with one attached hydrogen (secondary N) is 1. The van der Waals surface area contributed by atoms with Crippen LogP contribution in [0.4, 0.5) is 0 Å². The molecule has 0 radical (unpaired) electrons. The average molecular weight is 214 g/mol. The Morgan fingerprint density at radius 2 is 2.40 bits per heavy atom. The van der Waals surface area contributed by atoms with Crippen LogP contribution >= 0.6 is 0 Å². The van der Waals surface area contributed by atoms with Gasteiger partial charge in [-0.3, -0.25) is 14.5 Å². The highest BCUT2D eigenvalue weighted by atomic mass is 16.4. The van der Waals surface area contributed by atoms with Gasteiger partial charge in [-0.15, -0.1) is 0 Å². The van der Waals surface area contributed by atoms with Crippen molar-refractivity contribution in [2.45, 2.75) is 32.2 Å². The van der Waals surface area contributed by atoms with Gasteiger partial charge in [-0.25, -0.2) is 0 Å². The van der Waals surface area contributed by atoms with E-state index in [0.29, 0.717) is 19.5 Å². The third kappa shape index (κ3) is 3.51. The van der Waals surface area contributed by atoms with E-state index in [1.807, 2.05) is 6.92 Å². The molecule has 1 unspecified atom stereocenters. The lowest BCUT2D eigenvalue weighted by Gasteiger charge is -2.31. The van der Waals surface area contributed by atoms with Gasteiger partial charge in [0.2, 0.25) is 5.91 Å². The van der Waals surface area contributed by atoms with E-state index in [-0.39, 0.29) is 12.5 Å². The Hall–Kier alpha value is -1.10. The number of aliphatic carboxylic acids is 1. The molecule has 1 rings (SSSR count). The summed E-state index contributed by atoms with van der Waals surface area (Å²) in [5.74, 6) is -0.901. The molecule has 2 N–H and O–H groups in total. The van der Waals surface area contributed by atoms with Crippen LogP contribution in [0.1, 0.15) is 26.2 Å². The Morgan fingerprint density at radius 1 is 1.67 bits per heavy atom. The van der Waals surface area contributed by atoms with Gasteiger partial charge in [0, 0.05) is 13.1 Å². The van der Waals surface area contributed by atoms with Crippen molar-refractivity contribution in [3.63, 3.8) is 0 Å². The van der Waals surface area contributed by atoms with Crippen molar-refractivity contribution in [2.24, 2.45) is 0 Å². The number of carboxylic acids is 1. The summed E-state index contributed by atoms with van der Waals surface area (Å²) in [6, 6.07) is -0.504. The topological polar surface area (TPSA) is 69.6 Å². The number of carbonyl (C=O) groups excluding carboxylic acids is 1. The number of amides is 1. The van der Waals surface area contributed by atoms with E-state index in [1.165, 1.54) is 0 Å². The molecule has 0 aromatic carbocycles. The van der Waals surface area contributed by atoms with E-state index < -0.39 is 12.0 Å². The zero-order valence-electron chi connectivity index (χ0n) is 9.03. The van der Waals surface area contributed by atoms with Crippen LogP contribution in [0, 0.1) is 0 Å². The first-order chi connectivity index (χ1) is 7.15. The Kier molecular flexibility index (Phi) is 4.55. The predicted octanol–water partition coefficient (Wildman–Crippen LogP) is 0.0616. The number of rotatable bonds is 5. The Balaban J connectivity index is 2.53. The Morgan fingerprint density at radius 3 is 2.93 bits per heavy atom. The van der Waals surface area contributed by atoms with Crippen LogP contribution in [0.5, 0.6) is 0 Å². The minimum absolute atomic E-state index is 0.0796. The van der Waals surface area contributed by atoms with Gasteiger partial charge in [0.05, 0.1) is 6.54 Å². The third-order valence-electron chi connectivity index (χ3n) is 2.62. The van der Waals surface area contributed by atoms with Crippen LogP contribution in [0.25, 0.3) is 0 Å². The van der Waals surface area contributed by atoms with Gasteiger partial charge in [-0.1, -0.05) is 19.8 Å². The highest BCUT2D eigenvalue weighted by molar-refractivity contribution is 5.80. The van der Waals surface area contributed by atoms with Crippen molar-refractivity contribution >= 4 is 11.9 Å². The lowest BCUT2D eigenvalue weighted by atomic mass is 10.1. The molecular formula is C10H18N2O3. The van der Waals surface area contributed by atoms with E-state index in [0.717, 1.165) is 12.8 Å². The summed E-state index contributed by atoms with van der Waals surface area (Å²) in [7, 11) is 0. The minimum atomic E-state index is -0.821. The summed E-state index contributed by atoms with van der Waals surface area (Å²) in [6.45, 7) is 3.42. The highest BCUT2D eigenvalue weighted by Gasteiger charge is 2.28. The Bertz CT molecular complexity index is 243. The maximum absolute atomic E-state index is 11.1. The molecule has 0 aromatic rings. The fourth-order valence-corrected chi connectivity index (χ4v) is 1.78. The molecule has 5 heteroatoms. The molecule has 1 fully saturated rings. The molecule has 1 atom stereocenters. The maximum atomic E-state index is 11.1. The highest BCUT2D eigenvalue weighted by Crippen LogP contribution is 2.10. The van der Waals surface area contributed by atoms with Gasteiger partial charge in [-0.05, 0) is 6.42 Å². The number of hydrogen-bond acceptors (Lipinski definition) is 3. The molecule has 1 saturated heterocycles. The van der Waals surface area contributed by atoms with Gasteiger partial charge in [-0.2, -0.15) is 0 Å². The zero-order valence-corrected chi connectivity index (χ0v) is 9.03. The molecule has 0 saturated carbocycles. The average Bonchev–Trinajstić information content (AvgIpc) is 2.18. The molecule has 0 spiro atoms. The first kappa shape index (κ1) is 12.0. The SMILES string of the molecule is CCCCC(C(=O)O)N1CCNC(=O)C1. The molecule has 0 aromatic heterocycles. The minimum Gasteiger partial charge on any atom is -0.480 e. The standard InChI is InChI=1S/C10H18N2O3/c1-2-3-4-8(10(14)15)12-6-5-11-9(13)7-12/h8H,2-7H2,1H3,(H,11,13)(H,14,15). The summed E-state index contributed by atoms with van der Waals surface area (Å²) in [6.07, 6.45) is 2.48. The van der Waals surface area contributed by atoms with Crippen molar-refractivity contribution in [1.82, 2.24) is 10.2 Å². The van der Waals surface area contributed by atoms with Gasteiger partial charge >= 0.3 is 5.97 Å². The number of nitrogens with zero attached hydrogens (tertiary/aromatic N) is 1. The van der Waals surface area contributed by atoms with Gasteiger partial charge in [0.1, 0.15) is 6.04 Å². The molecule has 1 heterocycles. The molecule has 86 valence electrons. The van der Waals surface area contributed by atoms with Crippen LogP contribution in [0.3, 0.4) is 0 Å². The summed E-state index contributed by atoms with van der Waals surface area (Å²) in [4.78, 5) is 23.9. The number of unbranched alkanes of at least 4 members (excludes halogenated alkanes) is 1. The normalized spacial score (nSPS) is 19.7. The van der Waals surface area contributed by atoms with E-state index in [9.17, 15) is 9.59 Å². The number of carboxylic acid groups (broad SMARTS) is 1. The van der Waals surface area contributed by atoms with E-state index >= 15 is 0 Å². The maximum Gasteiger partial charge on any atom is 0.320 e. The predicted molar refractivity (Wildman–Crippen MR) is 55.5 cm³/mol. The zero-order chi connectivity index (χ0) is 11.3. The lowest BCUT2D eigenvalue weighted by molar-refractivity contribution is -0.145. The van der Waals surface area contributed by atoms with Crippen molar-refractivity contribution in [2.75, 3.05) is 19.6 Å². The molecule has 0 bridgehead atoms. The second-order valence-electron chi connectivity index (χ2n) is 3.82. The summed E-state index contributed by atoms with van der Waals surface area (Å²) in [5.41, 5.74) is 0. The first-order valence-electron chi connectivity index (χ1n) is 5.38. The summed E-state index contributed by atoms with van der Waals surface area (Å²) in [5, 5.41) is 11.8. The van der Waals surface area contributed by atoms with Crippen LogP contribution in [-0.2, 0) is 9.59 Å². The fraction of sp³-hybridized carbons (Fsp3) is 0.800. The fourth-order valence-electron chi connectivity index (χ4n) is 1.78. The Labute approximate surface area is 89.4 Å². The number of hydrogen-bond donors (Lipinski definition) is 2. The van der Waals surface area contributed by atoms with E-state index in [2.05, 4.69) is 5.32 Å². The van der Waals surface area contributed by atoms with E-state index in [1.54, 1.807) is 4.90 Å². The summed E-state index contributed by atoms with van der Waals surface area (Å²) >= 11 is 0. The quantitative estimate of drug-likeness (QED) is 0.679.